The molecule has 1 aromatic heterocycles. The first-order valence-electron chi connectivity index (χ1n) is 8.47. The quantitative estimate of drug-likeness (QED) is 0.385. The molecular formula is C16H30N2O3S. The molecule has 128 valence electrons. The Kier molecular flexibility index (Phi) is 10.2. The van der Waals surface area contributed by atoms with Gasteiger partial charge in [-0.15, -0.1) is 0 Å². The van der Waals surface area contributed by atoms with E-state index >= 15 is 0 Å². The summed E-state index contributed by atoms with van der Waals surface area (Å²) in [5.41, 5.74) is 0. The second-order valence-electron chi connectivity index (χ2n) is 5.71. The molecule has 0 amide bonds. The van der Waals surface area contributed by atoms with Crippen molar-refractivity contribution in [2.24, 2.45) is 0 Å². The number of aromatic nitrogens is 2. The molecule has 0 aliphatic carbocycles. The van der Waals surface area contributed by atoms with E-state index in [1.165, 1.54) is 38.5 Å². The van der Waals surface area contributed by atoms with Crippen LogP contribution < -0.4 is 0 Å². The third kappa shape index (κ3) is 9.95. The summed E-state index contributed by atoms with van der Waals surface area (Å²) in [6.07, 6.45) is 15.6. The van der Waals surface area contributed by atoms with E-state index in [2.05, 4.69) is 11.9 Å². The van der Waals surface area contributed by atoms with Crippen molar-refractivity contribution in [1.29, 1.82) is 0 Å². The lowest BCUT2D eigenvalue weighted by atomic mass is 10.1. The molecule has 0 saturated carbocycles. The lowest BCUT2D eigenvalue weighted by Gasteiger charge is -2.06. The van der Waals surface area contributed by atoms with Crippen LogP contribution in [-0.2, 0) is 20.8 Å². The van der Waals surface area contributed by atoms with Crippen LogP contribution in [0.15, 0.2) is 18.7 Å². The summed E-state index contributed by atoms with van der Waals surface area (Å²) in [4.78, 5) is 3.90. The summed E-state index contributed by atoms with van der Waals surface area (Å²) in [5, 5.41) is 0. The average molecular weight is 330 g/mol. The highest BCUT2D eigenvalue weighted by Gasteiger charge is 2.10. The van der Waals surface area contributed by atoms with Crippen LogP contribution in [0.4, 0.5) is 0 Å². The first-order chi connectivity index (χ1) is 10.6. The molecule has 0 radical (unpaired) electrons. The average Bonchev–Trinajstić information content (AvgIpc) is 2.98. The number of nitrogens with zero attached hydrogens (tertiary/aromatic N) is 2. The van der Waals surface area contributed by atoms with E-state index in [-0.39, 0.29) is 12.4 Å². The largest absolute Gasteiger partial charge is 0.335 e. The zero-order valence-electron chi connectivity index (χ0n) is 13.7. The van der Waals surface area contributed by atoms with Crippen molar-refractivity contribution in [3.8, 4) is 0 Å². The number of unbranched alkanes of at least 4 members (excludes halogenated alkanes) is 8. The van der Waals surface area contributed by atoms with Gasteiger partial charge in [0, 0.05) is 18.9 Å². The molecule has 0 saturated heterocycles. The molecule has 1 rings (SSSR count). The Hall–Kier alpha value is -0.880. The van der Waals surface area contributed by atoms with Gasteiger partial charge in [-0.25, -0.2) is 4.98 Å². The Balaban J connectivity index is 1.96. The summed E-state index contributed by atoms with van der Waals surface area (Å²) in [7, 11) is -3.37. The Bertz CT molecular complexity index is 458. The highest BCUT2D eigenvalue weighted by Crippen LogP contribution is 2.10. The van der Waals surface area contributed by atoms with E-state index in [1.54, 1.807) is 23.3 Å². The predicted molar refractivity (Wildman–Crippen MR) is 89.2 cm³/mol. The molecule has 0 spiro atoms. The zero-order valence-corrected chi connectivity index (χ0v) is 14.6. The van der Waals surface area contributed by atoms with Crippen molar-refractivity contribution in [1.82, 2.24) is 9.55 Å². The molecule has 6 heteroatoms. The van der Waals surface area contributed by atoms with Crippen molar-refractivity contribution in [2.75, 3.05) is 12.4 Å². The van der Waals surface area contributed by atoms with E-state index < -0.39 is 10.1 Å². The molecule has 22 heavy (non-hydrogen) atoms. The van der Waals surface area contributed by atoms with Gasteiger partial charge in [0.05, 0.1) is 18.7 Å². The molecule has 1 heterocycles. The Labute approximate surface area is 135 Å². The molecule has 0 bridgehead atoms. The van der Waals surface area contributed by atoms with Crippen LogP contribution in [0.1, 0.15) is 64.7 Å². The van der Waals surface area contributed by atoms with Crippen LogP contribution in [-0.4, -0.2) is 30.3 Å². The molecule has 0 aliphatic heterocycles. The molecule has 0 unspecified atom stereocenters. The minimum absolute atomic E-state index is 0.132. The number of hydrogen-bond donors (Lipinski definition) is 0. The monoisotopic (exact) mass is 330 g/mol. The van der Waals surface area contributed by atoms with Crippen molar-refractivity contribution in [3.63, 3.8) is 0 Å². The highest BCUT2D eigenvalue weighted by atomic mass is 32.2. The van der Waals surface area contributed by atoms with Gasteiger partial charge >= 0.3 is 0 Å². The number of imidazole rings is 1. The van der Waals surface area contributed by atoms with Gasteiger partial charge in [-0.2, -0.15) is 8.42 Å². The Morgan fingerprint density at radius 2 is 1.64 bits per heavy atom. The van der Waals surface area contributed by atoms with Crippen molar-refractivity contribution >= 4 is 10.1 Å². The van der Waals surface area contributed by atoms with E-state index in [9.17, 15) is 8.42 Å². The molecule has 0 atom stereocenters. The van der Waals surface area contributed by atoms with Crippen LogP contribution in [0.2, 0.25) is 0 Å². The van der Waals surface area contributed by atoms with Crippen molar-refractivity contribution in [2.45, 2.75) is 71.3 Å². The molecular weight excluding hydrogens is 300 g/mol. The topological polar surface area (TPSA) is 61.2 Å². The van der Waals surface area contributed by atoms with E-state index in [0.29, 0.717) is 13.0 Å². The summed E-state index contributed by atoms with van der Waals surface area (Å²) >= 11 is 0. The maximum absolute atomic E-state index is 11.7. The van der Waals surface area contributed by atoms with Crippen LogP contribution in [0.5, 0.6) is 0 Å². The van der Waals surface area contributed by atoms with Gasteiger partial charge in [-0.3, -0.25) is 4.18 Å². The second-order valence-corrected chi connectivity index (χ2v) is 7.47. The maximum Gasteiger partial charge on any atom is 0.267 e. The standard InChI is InChI=1S/C16H30N2O3S/c1-2-3-4-5-6-7-8-9-10-15-22(19,20)21-14-13-18-12-11-17-16-18/h11-12,16H,2-10,13-15H2,1H3. The smallest absolute Gasteiger partial charge is 0.267 e. The summed E-state index contributed by atoms with van der Waals surface area (Å²) in [5.74, 6) is 0.132. The normalized spacial score (nSPS) is 11.9. The molecule has 0 fully saturated rings. The predicted octanol–water partition coefficient (Wildman–Crippen LogP) is 3.76. The van der Waals surface area contributed by atoms with Crippen molar-refractivity contribution < 1.29 is 12.6 Å². The van der Waals surface area contributed by atoms with Gasteiger partial charge in [-0.05, 0) is 6.42 Å². The SMILES string of the molecule is CCCCCCCCCCCS(=O)(=O)OCCn1ccnc1. The molecule has 0 aliphatic rings. The fourth-order valence-electron chi connectivity index (χ4n) is 2.34. The Morgan fingerprint density at radius 3 is 2.23 bits per heavy atom. The zero-order chi connectivity index (χ0) is 16.1. The van der Waals surface area contributed by atoms with Gasteiger partial charge in [0.25, 0.3) is 10.1 Å². The first-order valence-corrected chi connectivity index (χ1v) is 10.0. The fraction of sp³-hybridized carbons (Fsp3) is 0.812. The van der Waals surface area contributed by atoms with Crippen LogP contribution in [0.3, 0.4) is 0 Å². The molecule has 5 nitrogen and oxygen atoms in total. The minimum Gasteiger partial charge on any atom is -0.335 e. The first kappa shape index (κ1) is 19.2. The lowest BCUT2D eigenvalue weighted by Crippen LogP contribution is -2.14. The third-order valence-electron chi connectivity index (χ3n) is 3.67. The Morgan fingerprint density at radius 1 is 1.00 bits per heavy atom. The van der Waals surface area contributed by atoms with Crippen molar-refractivity contribution in [3.05, 3.63) is 18.7 Å². The molecule has 0 aromatic carbocycles. The molecule has 0 N–H and O–H groups in total. The fourth-order valence-corrected chi connectivity index (χ4v) is 3.34. The van der Waals surface area contributed by atoms with Crippen LogP contribution in [0, 0.1) is 0 Å². The summed E-state index contributed by atoms with van der Waals surface area (Å²) in [6, 6.07) is 0. The van der Waals surface area contributed by atoms with Gasteiger partial charge in [0.15, 0.2) is 0 Å². The van der Waals surface area contributed by atoms with Gasteiger partial charge in [0.2, 0.25) is 0 Å². The van der Waals surface area contributed by atoms with Gasteiger partial charge < -0.3 is 4.57 Å². The van der Waals surface area contributed by atoms with E-state index in [0.717, 1.165) is 12.8 Å². The summed E-state index contributed by atoms with van der Waals surface area (Å²) < 4.78 is 30.2. The lowest BCUT2D eigenvalue weighted by molar-refractivity contribution is 0.300. The number of rotatable bonds is 14. The van der Waals surface area contributed by atoms with Crippen LogP contribution in [0.25, 0.3) is 0 Å². The second kappa shape index (κ2) is 11.7. The van der Waals surface area contributed by atoms with E-state index in [1.807, 2.05) is 0 Å². The van der Waals surface area contributed by atoms with E-state index in [4.69, 9.17) is 4.18 Å². The molecule has 1 aromatic rings. The van der Waals surface area contributed by atoms with Gasteiger partial charge in [0.1, 0.15) is 0 Å². The third-order valence-corrected chi connectivity index (χ3v) is 4.98. The summed E-state index contributed by atoms with van der Waals surface area (Å²) in [6.45, 7) is 2.91. The highest BCUT2D eigenvalue weighted by molar-refractivity contribution is 7.86. The van der Waals surface area contributed by atoms with Gasteiger partial charge in [-0.1, -0.05) is 58.3 Å². The minimum atomic E-state index is -3.37. The van der Waals surface area contributed by atoms with Crippen LogP contribution >= 0.6 is 0 Å². The maximum atomic E-state index is 11.7. The number of hydrogen-bond acceptors (Lipinski definition) is 4.